The highest BCUT2D eigenvalue weighted by molar-refractivity contribution is 6.06. The van der Waals surface area contributed by atoms with E-state index in [1.54, 1.807) is 54.6 Å². The number of ether oxygens (including phenoxy) is 2. The summed E-state index contributed by atoms with van der Waals surface area (Å²) in [7, 11) is 1.51. The third-order valence-electron chi connectivity index (χ3n) is 4.73. The summed E-state index contributed by atoms with van der Waals surface area (Å²) in [5.74, 6) is -0.0593. The van der Waals surface area contributed by atoms with Gasteiger partial charge in [0, 0.05) is 5.39 Å². The van der Waals surface area contributed by atoms with Crippen LogP contribution in [0.3, 0.4) is 0 Å². The molecule has 0 radical (unpaired) electrons. The van der Waals surface area contributed by atoms with Crippen molar-refractivity contribution in [3.8, 4) is 17.2 Å². The van der Waals surface area contributed by atoms with Crippen LogP contribution in [0.15, 0.2) is 77.4 Å². The van der Waals surface area contributed by atoms with Crippen LogP contribution in [0.25, 0.3) is 22.4 Å². The van der Waals surface area contributed by atoms with Crippen LogP contribution in [-0.2, 0) is 9.53 Å². The zero-order chi connectivity index (χ0) is 21.8. The van der Waals surface area contributed by atoms with E-state index < -0.39 is 18.0 Å². The molecule has 7 nitrogen and oxygen atoms in total. The third-order valence-corrected chi connectivity index (χ3v) is 4.73. The molecule has 1 atom stereocenters. The quantitative estimate of drug-likeness (QED) is 0.459. The monoisotopic (exact) mass is 416 g/mol. The molecule has 0 aliphatic heterocycles. The van der Waals surface area contributed by atoms with Crippen LogP contribution < -0.4 is 10.1 Å². The van der Waals surface area contributed by atoms with E-state index in [4.69, 9.17) is 13.9 Å². The molecule has 31 heavy (non-hydrogen) atoms. The minimum absolute atomic E-state index is 0.300. The topological polar surface area (TPSA) is 90.7 Å². The molecule has 2 aromatic heterocycles. The number of carbonyl (C=O) groups excluding carboxylic acids is 2. The highest BCUT2D eigenvalue weighted by Gasteiger charge is 2.22. The first-order valence-electron chi connectivity index (χ1n) is 9.65. The van der Waals surface area contributed by atoms with Crippen molar-refractivity contribution in [3.05, 3.63) is 78.6 Å². The van der Waals surface area contributed by atoms with E-state index >= 15 is 0 Å². The Bertz CT molecular complexity index is 1230. The Balaban J connectivity index is 1.58. The number of pyridine rings is 1. The second-order valence-corrected chi connectivity index (χ2v) is 6.79. The van der Waals surface area contributed by atoms with E-state index in [9.17, 15) is 9.59 Å². The summed E-state index contributed by atoms with van der Waals surface area (Å²) < 4.78 is 16.1. The van der Waals surface area contributed by atoms with Crippen LogP contribution in [-0.4, -0.2) is 30.1 Å². The van der Waals surface area contributed by atoms with Crippen LogP contribution >= 0.6 is 0 Å². The lowest BCUT2D eigenvalue weighted by Gasteiger charge is -2.16. The number of carbonyl (C=O) groups is 2. The number of furan rings is 1. The molecule has 7 heteroatoms. The summed E-state index contributed by atoms with van der Waals surface area (Å²) >= 11 is 0. The normalized spacial score (nSPS) is 11.7. The Labute approximate surface area is 178 Å². The fourth-order valence-electron chi connectivity index (χ4n) is 3.15. The molecule has 0 spiro atoms. The van der Waals surface area contributed by atoms with E-state index in [-0.39, 0.29) is 0 Å². The standard InChI is InChI=1S/C24H20N2O5/c1-15(23(27)26-19-10-5-6-11-21(19)29-2)31-24(28)17-14-20(22-12-7-13-30-22)25-18-9-4-3-8-16(17)18/h3-15H,1-2H3,(H,26,27). The molecular formula is C24H20N2O5. The number of esters is 1. The summed E-state index contributed by atoms with van der Waals surface area (Å²) in [5.41, 5.74) is 1.91. The van der Waals surface area contributed by atoms with E-state index in [0.29, 0.717) is 39.4 Å². The Morgan fingerprint density at radius 2 is 1.81 bits per heavy atom. The summed E-state index contributed by atoms with van der Waals surface area (Å²) in [5, 5.41) is 3.35. The van der Waals surface area contributed by atoms with Gasteiger partial charge in [0.25, 0.3) is 5.91 Å². The number of methoxy groups -OCH3 is 1. The van der Waals surface area contributed by atoms with Crippen molar-refractivity contribution in [2.24, 2.45) is 0 Å². The number of hydrogen-bond donors (Lipinski definition) is 1. The minimum Gasteiger partial charge on any atom is -0.495 e. The van der Waals surface area contributed by atoms with Gasteiger partial charge >= 0.3 is 5.97 Å². The predicted octanol–water partition coefficient (Wildman–Crippen LogP) is 4.69. The number of anilines is 1. The van der Waals surface area contributed by atoms with Crippen LogP contribution in [0.2, 0.25) is 0 Å². The van der Waals surface area contributed by atoms with Gasteiger partial charge in [-0.2, -0.15) is 0 Å². The second-order valence-electron chi connectivity index (χ2n) is 6.79. The van der Waals surface area contributed by atoms with Crippen molar-refractivity contribution in [2.45, 2.75) is 13.0 Å². The van der Waals surface area contributed by atoms with Crippen molar-refractivity contribution in [2.75, 3.05) is 12.4 Å². The van der Waals surface area contributed by atoms with Gasteiger partial charge in [-0.05, 0) is 43.3 Å². The maximum Gasteiger partial charge on any atom is 0.339 e. The van der Waals surface area contributed by atoms with Gasteiger partial charge in [0.05, 0.1) is 30.1 Å². The lowest BCUT2D eigenvalue weighted by molar-refractivity contribution is -0.123. The maximum atomic E-state index is 13.0. The molecule has 0 saturated carbocycles. The van der Waals surface area contributed by atoms with Gasteiger partial charge in [-0.15, -0.1) is 0 Å². The zero-order valence-corrected chi connectivity index (χ0v) is 17.0. The number of nitrogens with one attached hydrogen (secondary N) is 1. The number of nitrogens with zero attached hydrogens (tertiary/aromatic N) is 1. The number of para-hydroxylation sites is 3. The smallest absolute Gasteiger partial charge is 0.339 e. The van der Waals surface area contributed by atoms with Crippen molar-refractivity contribution in [3.63, 3.8) is 0 Å². The van der Waals surface area contributed by atoms with Crippen molar-refractivity contribution >= 4 is 28.5 Å². The fraction of sp³-hybridized carbons (Fsp3) is 0.125. The minimum atomic E-state index is -1.03. The number of hydrogen-bond acceptors (Lipinski definition) is 6. The molecule has 156 valence electrons. The van der Waals surface area contributed by atoms with Crippen LogP contribution in [0, 0.1) is 0 Å². The largest absolute Gasteiger partial charge is 0.495 e. The molecule has 4 aromatic rings. The van der Waals surface area contributed by atoms with Crippen molar-refractivity contribution < 1.29 is 23.5 Å². The van der Waals surface area contributed by atoms with Gasteiger partial charge in [-0.3, -0.25) is 4.79 Å². The Kier molecular flexibility index (Phi) is 5.66. The molecule has 0 saturated heterocycles. The maximum absolute atomic E-state index is 13.0. The molecular weight excluding hydrogens is 396 g/mol. The molecule has 2 aromatic carbocycles. The number of fused-ring (bicyclic) bond motifs is 1. The first-order chi connectivity index (χ1) is 15.1. The number of amides is 1. The van der Waals surface area contributed by atoms with E-state index in [1.807, 2.05) is 12.1 Å². The lowest BCUT2D eigenvalue weighted by Crippen LogP contribution is -2.30. The van der Waals surface area contributed by atoms with E-state index in [2.05, 4.69) is 10.3 Å². The first-order valence-corrected chi connectivity index (χ1v) is 9.65. The van der Waals surface area contributed by atoms with Crippen LogP contribution in [0.1, 0.15) is 17.3 Å². The van der Waals surface area contributed by atoms with Crippen LogP contribution in [0.4, 0.5) is 5.69 Å². The van der Waals surface area contributed by atoms with E-state index in [0.717, 1.165) is 0 Å². The highest BCUT2D eigenvalue weighted by Crippen LogP contribution is 2.27. The van der Waals surface area contributed by atoms with Crippen molar-refractivity contribution in [1.29, 1.82) is 0 Å². The third kappa shape index (κ3) is 4.25. The van der Waals surface area contributed by atoms with Gasteiger partial charge in [0.1, 0.15) is 11.4 Å². The Morgan fingerprint density at radius 1 is 1.03 bits per heavy atom. The summed E-state index contributed by atoms with van der Waals surface area (Å²) in [6.45, 7) is 1.51. The van der Waals surface area contributed by atoms with Gasteiger partial charge in [0.2, 0.25) is 0 Å². The number of benzene rings is 2. The Hall–Kier alpha value is -4.13. The average Bonchev–Trinajstić information content (AvgIpc) is 3.33. The summed E-state index contributed by atoms with van der Waals surface area (Å²) in [6, 6.07) is 19.3. The molecule has 1 N–H and O–H groups in total. The van der Waals surface area contributed by atoms with Crippen LogP contribution in [0.5, 0.6) is 5.75 Å². The molecule has 0 aliphatic rings. The summed E-state index contributed by atoms with van der Waals surface area (Å²) in [6.07, 6.45) is 0.505. The molecule has 0 aliphatic carbocycles. The Morgan fingerprint density at radius 3 is 2.58 bits per heavy atom. The molecule has 2 heterocycles. The first kappa shape index (κ1) is 20.2. The van der Waals surface area contributed by atoms with Gasteiger partial charge in [-0.1, -0.05) is 30.3 Å². The molecule has 0 fully saturated rings. The molecule has 1 unspecified atom stereocenters. The zero-order valence-electron chi connectivity index (χ0n) is 17.0. The van der Waals surface area contributed by atoms with Gasteiger partial charge in [-0.25, -0.2) is 9.78 Å². The van der Waals surface area contributed by atoms with Gasteiger partial charge in [0.15, 0.2) is 11.9 Å². The molecule has 4 rings (SSSR count). The second kappa shape index (κ2) is 8.71. The number of aromatic nitrogens is 1. The fourth-order valence-corrected chi connectivity index (χ4v) is 3.15. The van der Waals surface area contributed by atoms with E-state index in [1.165, 1.54) is 20.3 Å². The predicted molar refractivity (Wildman–Crippen MR) is 116 cm³/mol. The SMILES string of the molecule is COc1ccccc1NC(=O)C(C)OC(=O)c1cc(-c2ccco2)nc2ccccc12. The number of rotatable bonds is 6. The lowest BCUT2D eigenvalue weighted by atomic mass is 10.1. The molecule has 0 bridgehead atoms. The summed E-state index contributed by atoms with van der Waals surface area (Å²) in [4.78, 5) is 30.1. The van der Waals surface area contributed by atoms with Crippen molar-refractivity contribution in [1.82, 2.24) is 4.98 Å². The average molecular weight is 416 g/mol. The van der Waals surface area contributed by atoms with Gasteiger partial charge < -0.3 is 19.2 Å². The molecule has 1 amide bonds. The highest BCUT2D eigenvalue weighted by atomic mass is 16.5.